The summed E-state index contributed by atoms with van der Waals surface area (Å²) in [6.07, 6.45) is 6.20. The van der Waals surface area contributed by atoms with Gasteiger partial charge in [0.1, 0.15) is 0 Å². The highest BCUT2D eigenvalue weighted by Crippen LogP contribution is 2.38. The molecule has 0 saturated carbocycles. The van der Waals surface area contributed by atoms with Crippen LogP contribution in [0.1, 0.15) is 66.2 Å². The van der Waals surface area contributed by atoms with E-state index in [0.717, 1.165) is 12.8 Å². The Morgan fingerprint density at radius 1 is 1.23 bits per heavy atom. The van der Waals surface area contributed by atoms with Crippen LogP contribution in [0.2, 0.25) is 0 Å². The molecule has 126 valence electrons. The van der Waals surface area contributed by atoms with Crippen LogP contribution in [0.25, 0.3) is 0 Å². The highest BCUT2D eigenvalue weighted by molar-refractivity contribution is 5.85. The van der Waals surface area contributed by atoms with E-state index in [1.54, 1.807) is 0 Å². The zero-order valence-corrected chi connectivity index (χ0v) is 14.7. The SMILES string of the molecule is CCCCC[C@H](C)CO[C@H]1OC[C@@H]2CC(C)=C(C)C[C@@H]2C1=O. The summed E-state index contributed by atoms with van der Waals surface area (Å²) in [4.78, 5) is 12.6. The standard InChI is InChI=1S/C19H32O3/c1-5-6-7-8-13(2)11-21-19-18(20)17-10-15(4)14(3)9-16(17)12-22-19/h13,16-17,19H,5-12H2,1-4H3/t13-,16-,17-,19-/m0/s1. The molecule has 0 N–H and O–H groups in total. The van der Waals surface area contributed by atoms with Gasteiger partial charge in [-0.2, -0.15) is 0 Å². The van der Waals surface area contributed by atoms with Crippen molar-refractivity contribution in [3.8, 4) is 0 Å². The maximum atomic E-state index is 12.6. The van der Waals surface area contributed by atoms with Gasteiger partial charge in [-0.15, -0.1) is 0 Å². The van der Waals surface area contributed by atoms with Crippen LogP contribution in [0.3, 0.4) is 0 Å². The number of Topliss-reactive ketones (excluding diaryl/α,β-unsaturated/α-hetero) is 1. The van der Waals surface area contributed by atoms with E-state index in [9.17, 15) is 4.79 Å². The molecule has 3 nitrogen and oxygen atoms in total. The number of rotatable bonds is 7. The van der Waals surface area contributed by atoms with Crippen molar-refractivity contribution in [1.29, 1.82) is 0 Å². The summed E-state index contributed by atoms with van der Waals surface area (Å²) in [6, 6.07) is 0. The molecule has 1 fully saturated rings. The Labute approximate surface area is 135 Å². The Bertz CT molecular complexity index is 413. The van der Waals surface area contributed by atoms with Gasteiger partial charge in [0.2, 0.25) is 6.29 Å². The van der Waals surface area contributed by atoms with Crippen molar-refractivity contribution in [2.75, 3.05) is 13.2 Å². The van der Waals surface area contributed by atoms with E-state index in [4.69, 9.17) is 9.47 Å². The second-order valence-electron chi connectivity index (χ2n) is 7.34. The minimum absolute atomic E-state index is 0.109. The highest BCUT2D eigenvalue weighted by Gasteiger charge is 2.41. The number of hydrogen-bond donors (Lipinski definition) is 0. The van der Waals surface area contributed by atoms with Crippen LogP contribution in [0.5, 0.6) is 0 Å². The van der Waals surface area contributed by atoms with Gasteiger partial charge in [0, 0.05) is 5.92 Å². The molecule has 1 aliphatic carbocycles. The van der Waals surface area contributed by atoms with Crippen molar-refractivity contribution in [2.24, 2.45) is 17.8 Å². The van der Waals surface area contributed by atoms with E-state index in [1.807, 2.05) is 0 Å². The molecule has 1 aliphatic heterocycles. The molecule has 4 atom stereocenters. The van der Waals surface area contributed by atoms with Gasteiger partial charge >= 0.3 is 0 Å². The van der Waals surface area contributed by atoms with Crippen LogP contribution >= 0.6 is 0 Å². The molecule has 3 heteroatoms. The molecule has 0 spiro atoms. The van der Waals surface area contributed by atoms with Gasteiger partial charge in [-0.25, -0.2) is 0 Å². The second-order valence-corrected chi connectivity index (χ2v) is 7.34. The maximum absolute atomic E-state index is 12.6. The topological polar surface area (TPSA) is 35.5 Å². The van der Waals surface area contributed by atoms with Gasteiger partial charge in [-0.05, 0) is 44.9 Å². The molecule has 0 amide bonds. The zero-order chi connectivity index (χ0) is 16.1. The van der Waals surface area contributed by atoms with E-state index in [2.05, 4.69) is 27.7 Å². The lowest BCUT2D eigenvalue weighted by Crippen LogP contribution is -2.46. The third-order valence-corrected chi connectivity index (χ3v) is 5.28. The number of carbonyl (C=O) groups excluding carboxylic acids is 1. The molecule has 0 aromatic rings. The van der Waals surface area contributed by atoms with Crippen molar-refractivity contribution in [3.63, 3.8) is 0 Å². The third kappa shape index (κ3) is 4.42. The molecular weight excluding hydrogens is 276 g/mol. The molecule has 1 saturated heterocycles. The van der Waals surface area contributed by atoms with Crippen LogP contribution in [-0.4, -0.2) is 25.3 Å². The summed E-state index contributed by atoms with van der Waals surface area (Å²) in [5, 5.41) is 0. The molecule has 0 radical (unpaired) electrons. The van der Waals surface area contributed by atoms with Gasteiger partial charge in [0.15, 0.2) is 5.78 Å². The number of fused-ring (bicyclic) bond motifs is 1. The first-order chi connectivity index (χ1) is 10.5. The third-order valence-electron chi connectivity index (χ3n) is 5.28. The van der Waals surface area contributed by atoms with Crippen LogP contribution in [0.4, 0.5) is 0 Å². The lowest BCUT2D eigenvalue weighted by molar-refractivity contribution is -0.197. The number of hydrogen-bond acceptors (Lipinski definition) is 3. The van der Waals surface area contributed by atoms with Gasteiger partial charge in [-0.3, -0.25) is 4.79 Å². The van der Waals surface area contributed by atoms with Crippen LogP contribution in [0, 0.1) is 17.8 Å². The maximum Gasteiger partial charge on any atom is 0.218 e. The Kier molecular flexibility index (Phi) is 6.64. The van der Waals surface area contributed by atoms with Crippen LogP contribution in [-0.2, 0) is 14.3 Å². The molecular formula is C19H32O3. The Morgan fingerprint density at radius 2 is 1.95 bits per heavy atom. The predicted molar refractivity (Wildman–Crippen MR) is 88.6 cm³/mol. The van der Waals surface area contributed by atoms with Crippen molar-refractivity contribution >= 4 is 5.78 Å². The average molecular weight is 308 g/mol. The van der Waals surface area contributed by atoms with Crippen LogP contribution in [0.15, 0.2) is 11.1 Å². The fourth-order valence-corrected chi connectivity index (χ4v) is 3.56. The summed E-state index contributed by atoms with van der Waals surface area (Å²) < 4.78 is 11.5. The number of carbonyl (C=O) groups is 1. The molecule has 22 heavy (non-hydrogen) atoms. The molecule has 0 aromatic carbocycles. The first-order valence-electron chi connectivity index (χ1n) is 8.95. The van der Waals surface area contributed by atoms with Crippen molar-refractivity contribution < 1.29 is 14.3 Å². The minimum Gasteiger partial charge on any atom is -0.346 e. The fourth-order valence-electron chi connectivity index (χ4n) is 3.56. The smallest absolute Gasteiger partial charge is 0.218 e. The monoisotopic (exact) mass is 308 g/mol. The zero-order valence-electron chi connectivity index (χ0n) is 14.7. The second kappa shape index (κ2) is 8.26. The first-order valence-corrected chi connectivity index (χ1v) is 8.95. The molecule has 2 rings (SSSR count). The van der Waals surface area contributed by atoms with Gasteiger partial charge in [0.05, 0.1) is 13.2 Å². The van der Waals surface area contributed by atoms with Crippen molar-refractivity contribution in [3.05, 3.63) is 11.1 Å². The van der Waals surface area contributed by atoms with Gasteiger partial charge in [0.25, 0.3) is 0 Å². The Morgan fingerprint density at radius 3 is 2.68 bits per heavy atom. The quantitative estimate of drug-likeness (QED) is 0.513. The number of ketones is 1. The predicted octanol–water partition coefficient (Wildman–Crippen LogP) is 4.51. The molecule has 2 aliphatic rings. The summed E-state index contributed by atoms with van der Waals surface area (Å²) in [5.74, 6) is 1.13. The van der Waals surface area contributed by atoms with E-state index < -0.39 is 6.29 Å². The lowest BCUT2D eigenvalue weighted by Gasteiger charge is -2.38. The first kappa shape index (κ1) is 17.7. The van der Waals surface area contributed by atoms with Gasteiger partial charge in [-0.1, -0.05) is 44.3 Å². The Balaban J connectivity index is 1.81. The minimum atomic E-state index is -0.624. The summed E-state index contributed by atoms with van der Waals surface area (Å²) in [6.45, 7) is 10.0. The summed E-state index contributed by atoms with van der Waals surface area (Å²) >= 11 is 0. The highest BCUT2D eigenvalue weighted by atomic mass is 16.7. The van der Waals surface area contributed by atoms with Crippen molar-refractivity contribution in [1.82, 2.24) is 0 Å². The van der Waals surface area contributed by atoms with Crippen molar-refractivity contribution in [2.45, 2.75) is 72.5 Å². The summed E-state index contributed by atoms with van der Waals surface area (Å²) in [7, 11) is 0. The average Bonchev–Trinajstić information content (AvgIpc) is 2.49. The molecule has 0 bridgehead atoms. The Hall–Kier alpha value is -0.670. The number of unbranched alkanes of at least 4 members (excludes halogenated alkanes) is 2. The number of allylic oxidation sites excluding steroid dienone is 2. The fraction of sp³-hybridized carbons (Fsp3) is 0.842. The van der Waals surface area contributed by atoms with Gasteiger partial charge < -0.3 is 9.47 Å². The van der Waals surface area contributed by atoms with E-state index >= 15 is 0 Å². The number of ether oxygens (including phenoxy) is 2. The molecule has 1 heterocycles. The summed E-state index contributed by atoms with van der Waals surface area (Å²) in [5.41, 5.74) is 2.81. The largest absolute Gasteiger partial charge is 0.346 e. The van der Waals surface area contributed by atoms with Crippen LogP contribution < -0.4 is 0 Å². The molecule has 0 unspecified atom stereocenters. The molecule has 0 aromatic heterocycles. The van der Waals surface area contributed by atoms with E-state index in [0.29, 0.717) is 25.0 Å². The van der Waals surface area contributed by atoms with E-state index in [1.165, 1.54) is 36.8 Å². The van der Waals surface area contributed by atoms with E-state index in [-0.39, 0.29) is 11.7 Å². The normalized spacial score (nSPS) is 30.4. The lowest BCUT2D eigenvalue weighted by atomic mass is 9.73.